The second-order valence-electron chi connectivity index (χ2n) is 9.28. The van der Waals surface area contributed by atoms with Crippen LogP contribution in [0.1, 0.15) is 78.1 Å². The van der Waals surface area contributed by atoms with E-state index in [1.165, 1.54) is 25.7 Å². The minimum Gasteiger partial charge on any atom is -0.462 e. The zero-order valence-corrected chi connectivity index (χ0v) is 22.4. The standard InChI is InChI=1S/C23H43O13P/c1-3-4-5-6-7-8-9-10-11-12-17(25)35-16(13-33-15(2)24)14-34-37(31,32)36-23-21(29)19(27)18(26)20(28)22(23)30/h16,18-23,26-30H,3-14H2,1-2H3,(H,31,32). The van der Waals surface area contributed by atoms with Crippen molar-refractivity contribution in [3.8, 4) is 0 Å². The molecule has 1 aliphatic carbocycles. The number of phosphoric acid groups is 1. The van der Waals surface area contributed by atoms with Crippen molar-refractivity contribution in [2.24, 2.45) is 0 Å². The predicted octanol–water partition coefficient (Wildman–Crippen LogP) is 0.702. The average molecular weight is 559 g/mol. The summed E-state index contributed by atoms with van der Waals surface area (Å²) in [6.07, 6.45) is -3.51. The number of aliphatic hydroxyl groups excluding tert-OH is 5. The second-order valence-corrected chi connectivity index (χ2v) is 10.7. The summed E-state index contributed by atoms with van der Waals surface area (Å²) in [6, 6.07) is 0. The third-order valence-electron chi connectivity index (χ3n) is 6.01. The highest BCUT2D eigenvalue weighted by molar-refractivity contribution is 7.47. The summed E-state index contributed by atoms with van der Waals surface area (Å²) in [5.41, 5.74) is 0. The second kappa shape index (κ2) is 17.4. The SMILES string of the molecule is CCCCCCCCCCCC(=O)OC(COC(C)=O)COP(=O)(O)OC1C(O)C(O)C(O)C(O)C1O. The van der Waals surface area contributed by atoms with Gasteiger partial charge in [0.2, 0.25) is 0 Å². The molecule has 1 fully saturated rings. The number of carbonyl (C=O) groups excluding carboxylic acids is 2. The van der Waals surface area contributed by atoms with Gasteiger partial charge in [-0.1, -0.05) is 58.3 Å². The summed E-state index contributed by atoms with van der Waals surface area (Å²) < 4.78 is 31.9. The van der Waals surface area contributed by atoms with E-state index in [1.807, 2.05) is 0 Å². The molecule has 0 aromatic carbocycles. The fourth-order valence-electron chi connectivity index (χ4n) is 3.83. The molecule has 37 heavy (non-hydrogen) atoms. The van der Waals surface area contributed by atoms with Gasteiger partial charge < -0.3 is 39.9 Å². The Morgan fingerprint density at radius 3 is 1.78 bits per heavy atom. The molecule has 14 heteroatoms. The molecule has 1 saturated carbocycles. The summed E-state index contributed by atoms with van der Waals surface area (Å²) >= 11 is 0. The molecule has 6 unspecified atom stereocenters. The zero-order chi connectivity index (χ0) is 28.0. The summed E-state index contributed by atoms with van der Waals surface area (Å²) in [4.78, 5) is 33.4. The van der Waals surface area contributed by atoms with E-state index in [-0.39, 0.29) is 6.42 Å². The molecule has 0 aromatic rings. The van der Waals surface area contributed by atoms with Gasteiger partial charge in [-0.25, -0.2) is 4.57 Å². The molecule has 13 nitrogen and oxygen atoms in total. The first-order valence-electron chi connectivity index (χ1n) is 12.8. The van der Waals surface area contributed by atoms with Crippen molar-refractivity contribution in [3.63, 3.8) is 0 Å². The molecule has 1 rings (SSSR count). The highest BCUT2D eigenvalue weighted by Crippen LogP contribution is 2.47. The van der Waals surface area contributed by atoms with Crippen LogP contribution in [0.3, 0.4) is 0 Å². The van der Waals surface area contributed by atoms with Crippen LogP contribution >= 0.6 is 7.82 Å². The van der Waals surface area contributed by atoms with E-state index < -0.39 is 75.7 Å². The van der Waals surface area contributed by atoms with Crippen molar-refractivity contribution >= 4 is 19.8 Å². The molecular weight excluding hydrogens is 515 g/mol. The van der Waals surface area contributed by atoms with Crippen LogP contribution in [-0.2, 0) is 32.7 Å². The topological polar surface area (TPSA) is 210 Å². The molecule has 0 spiro atoms. The predicted molar refractivity (Wildman–Crippen MR) is 129 cm³/mol. The molecule has 0 amide bonds. The Morgan fingerprint density at radius 1 is 0.784 bits per heavy atom. The summed E-state index contributed by atoms with van der Waals surface area (Å²) in [6.45, 7) is 2.09. The van der Waals surface area contributed by atoms with Gasteiger partial charge in [0.1, 0.15) is 43.2 Å². The molecule has 0 saturated heterocycles. The van der Waals surface area contributed by atoms with Crippen LogP contribution in [0.15, 0.2) is 0 Å². The average Bonchev–Trinajstić information content (AvgIpc) is 2.84. The molecule has 0 aromatic heterocycles. The van der Waals surface area contributed by atoms with Crippen LogP contribution in [0.5, 0.6) is 0 Å². The number of unbranched alkanes of at least 4 members (excludes halogenated alkanes) is 8. The van der Waals surface area contributed by atoms with Gasteiger partial charge in [0, 0.05) is 13.3 Å². The lowest BCUT2D eigenvalue weighted by Gasteiger charge is -2.41. The highest BCUT2D eigenvalue weighted by atomic mass is 31.2. The van der Waals surface area contributed by atoms with Crippen molar-refractivity contribution in [1.82, 2.24) is 0 Å². The Kier molecular flexibility index (Phi) is 16.0. The maximum atomic E-state index is 12.4. The van der Waals surface area contributed by atoms with Crippen LogP contribution in [0.2, 0.25) is 0 Å². The number of esters is 2. The lowest BCUT2D eigenvalue weighted by atomic mass is 9.85. The third-order valence-corrected chi connectivity index (χ3v) is 6.99. The largest absolute Gasteiger partial charge is 0.472 e. The summed E-state index contributed by atoms with van der Waals surface area (Å²) in [5.74, 6) is -1.30. The van der Waals surface area contributed by atoms with Crippen molar-refractivity contribution in [3.05, 3.63) is 0 Å². The first kappa shape index (κ1) is 33.9. The van der Waals surface area contributed by atoms with Gasteiger partial charge in [-0.3, -0.25) is 18.6 Å². The fourth-order valence-corrected chi connectivity index (χ4v) is 4.81. The Bertz CT molecular complexity index is 705. The normalized spacial score (nSPS) is 28.3. The van der Waals surface area contributed by atoms with E-state index in [0.29, 0.717) is 6.42 Å². The van der Waals surface area contributed by atoms with Crippen LogP contribution in [-0.4, -0.2) is 98.3 Å². The van der Waals surface area contributed by atoms with Crippen molar-refractivity contribution in [2.45, 2.75) is 121 Å². The minimum absolute atomic E-state index is 0.0955. The Hall–Kier alpha value is -1.15. The van der Waals surface area contributed by atoms with Gasteiger partial charge in [-0.15, -0.1) is 0 Å². The molecule has 0 aliphatic heterocycles. The molecular formula is C23H43O13P. The molecule has 6 N–H and O–H groups in total. The maximum absolute atomic E-state index is 12.4. The van der Waals surface area contributed by atoms with E-state index in [4.69, 9.17) is 18.5 Å². The van der Waals surface area contributed by atoms with E-state index in [1.54, 1.807) is 0 Å². The minimum atomic E-state index is -5.05. The van der Waals surface area contributed by atoms with E-state index in [9.17, 15) is 44.6 Å². The van der Waals surface area contributed by atoms with Crippen molar-refractivity contribution in [1.29, 1.82) is 0 Å². The van der Waals surface area contributed by atoms with Gasteiger partial charge in [0.05, 0.1) is 6.61 Å². The Morgan fingerprint density at radius 2 is 1.27 bits per heavy atom. The quantitative estimate of drug-likeness (QED) is 0.0778. The maximum Gasteiger partial charge on any atom is 0.472 e. The van der Waals surface area contributed by atoms with Gasteiger partial charge in [0.15, 0.2) is 6.10 Å². The lowest BCUT2D eigenvalue weighted by molar-refractivity contribution is -0.220. The summed E-state index contributed by atoms with van der Waals surface area (Å²) in [7, 11) is -5.05. The number of aliphatic hydroxyl groups is 5. The van der Waals surface area contributed by atoms with E-state index in [0.717, 1.165) is 32.6 Å². The molecule has 0 radical (unpaired) electrons. The number of rotatable bonds is 18. The molecule has 218 valence electrons. The van der Waals surface area contributed by atoms with Crippen LogP contribution in [0.4, 0.5) is 0 Å². The number of carbonyl (C=O) groups is 2. The van der Waals surface area contributed by atoms with Crippen molar-refractivity contribution in [2.75, 3.05) is 13.2 Å². The van der Waals surface area contributed by atoms with E-state index >= 15 is 0 Å². The molecule has 6 atom stereocenters. The monoisotopic (exact) mass is 558 g/mol. The molecule has 1 aliphatic rings. The Labute approximate surface area is 217 Å². The van der Waals surface area contributed by atoms with Crippen LogP contribution < -0.4 is 0 Å². The van der Waals surface area contributed by atoms with Gasteiger partial charge >= 0.3 is 19.8 Å². The number of hydrogen-bond donors (Lipinski definition) is 6. The van der Waals surface area contributed by atoms with E-state index in [2.05, 4.69) is 6.92 Å². The number of ether oxygens (including phenoxy) is 2. The molecule has 0 heterocycles. The van der Waals surface area contributed by atoms with Crippen LogP contribution in [0, 0.1) is 0 Å². The fraction of sp³-hybridized carbons (Fsp3) is 0.913. The number of phosphoric ester groups is 1. The van der Waals surface area contributed by atoms with Gasteiger partial charge in [-0.05, 0) is 6.42 Å². The first-order valence-corrected chi connectivity index (χ1v) is 14.3. The number of hydrogen-bond acceptors (Lipinski definition) is 12. The lowest BCUT2D eigenvalue weighted by Crippen LogP contribution is -2.64. The van der Waals surface area contributed by atoms with Crippen molar-refractivity contribution < 1.29 is 63.1 Å². The molecule has 0 bridgehead atoms. The van der Waals surface area contributed by atoms with Gasteiger partial charge in [0.25, 0.3) is 0 Å². The highest BCUT2D eigenvalue weighted by Gasteiger charge is 2.51. The zero-order valence-electron chi connectivity index (χ0n) is 21.5. The smallest absolute Gasteiger partial charge is 0.462 e. The van der Waals surface area contributed by atoms with Crippen LogP contribution in [0.25, 0.3) is 0 Å². The first-order chi connectivity index (χ1) is 17.4. The summed E-state index contributed by atoms with van der Waals surface area (Å²) in [5, 5.41) is 49.0. The Balaban J connectivity index is 2.52. The van der Waals surface area contributed by atoms with Gasteiger partial charge in [-0.2, -0.15) is 0 Å². The third kappa shape index (κ3) is 13.0.